The Bertz CT molecular complexity index is 872. The highest BCUT2D eigenvalue weighted by molar-refractivity contribution is 5.79. The molecule has 4 rings (SSSR count). The lowest BCUT2D eigenvalue weighted by Gasteiger charge is -2.33. The monoisotopic (exact) mass is 338 g/mol. The highest BCUT2D eigenvalue weighted by Crippen LogP contribution is 2.21. The lowest BCUT2D eigenvalue weighted by atomic mass is 10.2. The zero-order valence-corrected chi connectivity index (χ0v) is 13.8. The summed E-state index contributed by atoms with van der Waals surface area (Å²) in [6.07, 6.45) is 0. The normalized spacial score (nSPS) is 15.9. The number of nitrogens with zero attached hydrogens (tertiary/aromatic N) is 2. The van der Waals surface area contributed by atoms with Crippen LogP contribution in [-0.2, 0) is 17.9 Å². The molecule has 128 valence electrons. The molecule has 0 atom stereocenters. The topological polar surface area (TPSA) is 36.7 Å². The van der Waals surface area contributed by atoms with Crippen molar-refractivity contribution >= 4 is 16.9 Å². The fraction of sp³-hybridized carbons (Fsp3) is 0.250. The van der Waals surface area contributed by atoms with Crippen LogP contribution < -0.4 is 0 Å². The quantitative estimate of drug-likeness (QED) is 0.731. The minimum atomic E-state index is -0.270. The van der Waals surface area contributed by atoms with Crippen LogP contribution in [0.1, 0.15) is 11.3 Å². The average Bonchev–Trinajstić information content (AvgIpc) is 2.99. The third-order valence-electron chi connectivity index (χ3n) is 4.52. The number of halogens is 1. The number of amides is 1. The first kappa shape index (κ1) is 15.8. The van der Waals surface area contributed by atoms with Gasteiger partial charge in [-0.05, 0) is 29.8 Å². The molecule has 1 aliphatic rings. The van der Waals surface area contributed by atoms with E-state index >= 15 is 0 Å². The van der Waals surface area contributed by atoms with Crippen LogP contribution in [0.3, 0.4) is 0 Å². The maximum atomic E-state index is 13.3. The van der Waals surface area contributed by atoms with Crippen molar-refractivity contribution in [2.75, 3.05) is 19.6 Å². The average molecular weight is 338 g/mol. The van der Waals surface area contributed by atoms with Crippen LogP contribution in [0.4, 0.5) is 4.39 Å². The van der Waals surface area contributed by atoms with E-state index in [2.05, 4.69) is 4.90 Å². The Kier molecular flexibility index (Phi) is 4.24. The van der Waals surface area contributed by atoms with E-state index in [1.807, 2.05) is 36.4 Å². The SMILES string of the molecule is O=C1CN(Cc2cc3ccccc3o2)CCN1Cc1cccc(F)c1. The van der Waals surface area contributed by atoms with Crippen LogP contribution in [0.5, 0.6) is 0 Å². The second-order valence-electron chi connectivity index (χ2n) is 6.41. The summed E-state index contributed by atoms with van der Waals surface area (Å²) in [7, 11) is 0. The predicted octanol–water partition coefficient (Wildman–Crippen LogP) is 3.42. The number of para-hydroxylation sites is 1. The molecule has 0 N–H and O–H groups in total. The van der Waals surface area contributed by atoms with Gasteiger partial charge in [-0.1, -0.05) is 30.3 Å². The molecule has 1 fully saturated rings. The predicted molar refractivity (Wildman–Crippen MR) is 93.3 cm³/mol. The van der Waals surface area contributed by atoms with Crippen LogP contribution in [0, 0.1) is 5.82 Å². The summed E-state index contributed by atoms with van der Waals surface area (Å²) in [6.45, 7) is 2.84. The molecule has 5 heteroatoms. The summed E-state index contributed by atoms with van der Waals surface area (Å²) in [4.78, 5) is 16.3. The van der Waals surface area contributed by atoms with Crippen LogP contribution >= 0.6 is 0 Å². The molecule has 1 saturated heterocycles. The summed E-state index contributed by atoms with van der Waals surface area (Å²) in [5, 5.41) is 1.08. The van der Waals surface area contributed by atoms with Gasteiger partial charge in [0, 0.05) is 25.0 Å². The van der Waals surface area contributed by atoms with Crippen LogP contribution in [0.25, 0.3) is 11.0 Å². The van der Waals surface area contributed by atoms with Crippen molar-refractivity contribution in [3.8, 4) is 0 Å². The van der Waals surface area contributed by atoms with Crippen molar-refractivity contribution in [3.63, 3.8) is 0 Å². The van der Waals surface area contributed by atoms with Gasteiger partial charge in [0.05, 0.1) is 13.1 Å². The Morgan fingerprint density at radius 1 is 1.00 bits per heavy atom. The van der Waals surface area contributed by atoms with E-state index in [9.17, 15) is 9.18 Å². The number of fused-ring (bicyclic) bond motifs is 1. The maximum Gasteiger partial charge on any atom is 0.237 e. The highest BCUT2D eigenvalue weighted by atomic mass is 19.1. The second kappa shape index (κ2) is 6.69. The molecular formula is C20H19FN2O2. The molecule has 2 heterocycles. The minimum absolute atomic E-state index is 0.0617. The van der Waals surface area contributed by atoms with E-state index in [1.165, 1.54) is 12.1 Å². The molecule has 0 saturated carbocycles. The molecular weight excluding hydrogens is 319 g/mol. The minimum Gasteiger partial charge on any atom is -0.460 e. The van der Waals surface area contributed by atoms with E-state index in [4.69, 9.17) is 4.42 Å². The van der Waals surface area contributed by atoms with Crippen LogP contribution in [0.2, 0.25) is 0 Å². The van der Waals surface area contributed by atoms with Crippen molar-refractivity contribution in [1.29, 1.82) is 0 Å². The van der Waals surface area contributed by atoms with E-state index in [-0.39, 0.29) is 11.7 Å². The number of rotatable bonds is 4. The van der Waals surface area contributed by atoms with Gasteiger partial charge < -0.3 is 9.32 Å². The van der Waals surface area contributed by atoms with E-state index in [0.717, 1.165) is 28.8 Å². The Balaban J connectivity index is 1.38. The lowest BCUT2D eigenvalue weighted by Crippen LogP contribution is -2.49. The smallest absolute Gasteiger partial charge is 0.237 e. The summed E-state index contributed by atoms with van der Waals surface area (Å²) < 4.78 is 19.1. The fourth-order valence-corrected chi connectivity index (χ4v) is 3.25. The molecule has 1 aliphatic heterocycles. The molecule has 4 nitrogen and oxygen atoms in total. The van der Waals surface area contributed by atoms with Crippen LogP contribution in [-0.4, -0.2) is 35.3 Å². The fourth-order valence-electron chi connectivity index (χ4n) is 3.25. The zero-order chi connectivity index (χ0) is 17.2. The number of hydrogen-bond acceptors (Lipinski definition) is 3. The third kappa shape index (κ3) is 3.56. The molecule has 2 aromatic carbocycles. The molecule has 1 amide bonds. The third-order valence-corrected chi connectivity index (χ3v) is 4.52. The number of furan rings is 1. The molecule has 3 aromatic rings. The molecule has 0 aliphatic carbocycles. The van der Waals surface area contributed by atoms with Crippen molar-refractivity contribution in [3.05, 3.63) is 71.7 Å². The van der Waals surface area contributed by atoms with E-state index in [0.29, 0.717) is 26.2 Å². The molecule has 0 bridgehead atoms. The van der Waals surface area contributed by atoms with Gasteiger partial charge in [-0.2, -0.15) is 0 Å². The first-order chi connectivity index (χ1) is 12.2. The van der Waals surface area contributed by atoms with Gasteiger partial charge in [-0.25, -0.2) is 4.39 Å². The van der Waals surface area contributed by atoms with Crippen molar-refractivity contribution < 1.29 is 13.6 Å². The summed E-state index contributed by atoms with van der Waals surface area (Å²) in [5.41, 5.74) is 1.69. The van der Waals surface area contributed by atoms with Crippen molar-refractivity contribution in [2.45, 2.75) is 13.1 Å². The van der Waals surface area contributed by atoms with E-state index in [1.54, 1.807) is 11.0 Å². The molecule has 0 spiro atoms. The van der Waals surface area contributed by atoms with Gasteiger partial charge in [-0.3, -0.25) is 9.69 Å². The maximum absolute atomic E-state index is 13.3. The number of piperazine rings is 1. The second-order valence-corrected chi connectivity index (χ2v) is 6.41. The summed E-state index contributed by atoms with van der Waals surface area (Å²) in [6, 6.07) is 16.3. The molecule has 0 unspecified atom stereocenters. The van der Waals surface area contributed by atoms with Crippen molar-refractivity contribution in [1.82, 2.24) is 9.80 Å². The van der Waals surface area contributed by atoms with Gasteiger partial charge in [-0.15, -0.1) is 0 Å². The number of hydrogen-bond donors (Lipinski definition) is 0. The van der Waals surface area contributed by atoms with Gasteiger partial charge >= 0.3 is 0 Å². The van der Waals surface area contributed by atoms with Gasteiger partial charge in [0.1, 0.15) is 17.2 Å². The largest absolute Gasteiger partial charge is 0.460 e. The van der Waals surface area contributed by atoms with Gasteiger partial charge in [0.15, 0.2) is 0 Å². The lowest BCUT2D eigenvalue weighted by molar-refractivity contribution is -0.137. The van der Waals surface area contributed by atoms with Gasteiger partial charge in [0.25, 0.3) is 0 Å². The van der Waals surface area contributed by atoms with Gasteiger partial charge in [0.2, 0.25) is 5.91 Å². The molecule has 1 aromatic heterocycles. The summed E-state index contributed by atoms with van der Waals surface area (Å²) >= 11 is 0. The number of carbonyl (C=O) groups is 1. The zero-order valence-electron chi connectivity index (χ0n) is 13.8. The first-order valence-corrected chi connectivity index (χ1v) is 8.39. The number of benzene rings is 2. The Hall–Kier alpha value is -2.66. The Labute approximate surface area is 145 Å². The Morgan fingerprint density at radius 2 is 1.88 bits per heavy atom. The van der Waals surface area contributed by atoms with E-state index < -0.39 is 0 Å². The molecule has 0 radical (unpaired) electrons. The Morgan fingerprint density at radius 3 is 2.68 bits per heavy atom. The first-order valence-electron chi connectivity index (χ1n) is 8.39. The van der Waals surface area contributed by atoms with Crippen molar-refractivity contribution in [2.24, 2.45) is 0 Å². The highest BCUT2D eigenvalue weighted by Gasteiger charge is 2.24. The number of carbonyl (C=O) groups excluding carboxylic acids is 1. The standard InChI is InChI=1S/C20H19FN2O2/c21-17-6-3-4-15(10-17)12-23-9-8-22(14-20(23)24)13-18-11-16-5-1-2-7-19(16)25-18/h1-7,10-11H,8-9,12-14H2. The van der Waals surface area contributed by atoms with Crippen LogP contribution in [0.15, 0.2) is 59.0 Å². The summed E-state index contributed by atoms with van der Waals surface area (Å²) in [5.74, 6) is 0.660. The molecule has 25 heavy (non-hydrogen) atoms.